The zero-order chi connectivity index (χ0) is 21.5. The van der Waals surface area contributed by atoms with E-state index in [0.717, 1.165) is 5.56 Å². The number of aromatic nitrogens is 4. The Kier molecular flexibility index (Phi) is 7.23. The summed E-state index contributed by atoms with van der Waals surface area (Å²) in [5.41, 5.74) is 7.70. The molecular formula is C18H22N6O5P+. The van der Waals surface area contributed by atoms with E-state index in [-0.39, 0.29) is 25.7 Å². The largest absolute Gasteiger partial charge is 0.663 e. The van der Waals surface area contributed by atoms with Crippen molar-refractivity contribution in [2.75, 3.05) is 12.3 Å². The SMILES string of the molecule is C[C@H](Cn1cnc2c(N)ncnc21)OCc1ccccc1O[P+](=O)NCCC(=O)O. The molecule has 0 saturated heterocycles. The molecule has 2 aromatic heterocycles. The first-order valence-electron chi connectivity index (χ1n) is 9.15. The maximum atomic E-state index is 12.0. The summed E-state index contributed by atoms with van der Waals surface area (Å²) in [6, 6.07) is 7.07. The van der Waals surface area contributed by atoms with Crippen molar-refractivity contribution in [1.82, 2.24) is 24.6 Å². The number of aliphatic carboxylic acids is 1. The fraction of sp³-hybridized carbons (Fsp3) is 0.333. The van der Waals surface area contributed by atoms with Crippen LogP contribution < -0.4 is 15.3 Å². The van der Waals surface area contributed by atoms with Crippen LogP contribution in [0.15, 0.2) is 36.9 Å². The molecule has 2 heterocycles. The molecule has 4 N–H and O–H groups in total. The molecular weight excluding hydrogens is 411 g/mol. The molecule has 30 heavy (non-hydrogen) atoms. The highest BCUT2D eigenvalue weighted by Crippen LogP contribution is 2.28. The monoisotopic (exact) mass is 433 g/mol. The second kappa shape index (κ2) is 10.1. The maximum absolute atomic E-state index is 12.0. The van der Waals surface area contributed by atoms with Gasteiger partial charge in [-0.1, -0.05) is 23.3 Å². The van der Waals surface area contributed by atoms with Gasteiger partial charge in [-0.2, -0.15) is 0 Å². The molecule has 11 nitrogen and oxygen atoms in total. The lowest BCUT2D eigenvalue weighted by atomic mass is 10.2. The molecule has 0 aliphatic rings. The zero-order valence-electron chi connectivity index (χ0n) is 16.3. The highest BCUT2D eigenvalue weighted by molar-refractivity contribution is 7.37. The molecule has 0 saturated carbocycles. The molecule has 0 aliphatic carbocycles. The lowest BCUT2D eigenvalue weighted by Gasteiger charge is -2.14. The molecule has 158 valence electrons. The van der Waals surface area contributed by atoms with Crippen LogP contribution in [0.1, 0.15) is 18.9 Å². The third-order valence-corrected chi connectivity index (χ3v) is 4.98. The van der Waals surface area contributed by atoms with Gasteiger partial charge >= 0.3 is 14.1 Å². The van der Waals surface area contributed by atoms with Crippen molar-refractivity contribution in [2.45, 2.75) is 32.6 Å². The van der Waals surface area contributed by atoms with Gasteiger partial charge in [0.05, 0.1) is 38.5 Å². The summed E-state index contributed by atoms with van der Waals surface area (Å²) in [4.78, 5) is 22.9. The Morgan fingerprint density at radius 1 is 1.33 bits per heavy atom. The van der Waals surface area contributed by atoms with E-state index in [0.29, 0.717) is 29.3 Å². The van der Waals surface area contributed by atoms with Gasteiger partial charge in [0.1, 0.15) is 11.8 Å². The number of fused-ring (bicyclic) bond motifs is 1. The van der Waals surface area contributed by atoms with Gasteiger partial charge in [-0.05, 0) is 13.0 Å². The van der Waals surface area contributed by atoms with E-state index in [2.05, 4.69) is 20.0 Å². The van der Waals surface area contributed by atoms with Gasteiger partial charge in [0.15, 0.2) is 17.2 Å². The van der Waals surface area contributed by atoms with Crippen molar-refractivity contribution < 1.29 is 23.7 Å². The van der Waals surface area contributed by atoms with Crippen molar-refractivity contribution in [2.24, 2.45) is 0 Å². The number of nitrogens with two attached hydrogens (primary N) is 1. The molecule has 2 atom stereocenters. The van der Waals surface area contributed by atoms with E-state index < -0.39 is 14.1 Å². The van der Waals surface area contributed by atoms with Gasteiger partial charge in [0.2, 0.25) is 0 Å². The number of benzene rings is 1. The molecule has 0 fully saturated rings. The number of imidazole rings is 1. The summed E-state index contributed by atoms with van der Waals surface area (Å²) in [6.45, 7) is 2.70. The Morgan fingerprint density at radius 3 is 2.93 bits per heavy atom. The number of nitrogen functional groups attached to an aromatic ring is 1. The number of rotatable bonds is 11. The highest BCUT2D eigenvalue weighted by Gasteiger charge is 2.22. The van der Waals surface area contributed by atoms with Crippen LogP contribution in [0.3, 0.4) is 0 Å². The molecule has 0 amide bonds. The molecule has 0 aliphatic heterocycles. The van der Waals surface area contributed by atoms with Crippen LogP contribution in [0.4, 0.5) is 5.82 Å². The molecule has 0 radical (unpaired) electrons. The lowest BCUT2D eigenvalue weighted by molar-refractivity contribution is -0.136. The number of ether oxygens (including phenoxy) is 1. The highest BCUT2D eigenvalue weighted by atomic mass is 31.1. The fourth-order valence-corrected chi connectivity index (χ4v) is 3.40. The third-order valence-electron chi connectivity index (χ3n) is 4.14. The Balaban J connectivity index is 1.57. The first kappa shape index (κ1) is 21.6. The summed E-state index contributed by atoms with van der Waals surface area (Å²) in [5.74, 6) is -0.250. The lowest BCUT2D eigenvalue weighted by Crippen LogP contribution is -2.16. The van der Waals surface area contributed by atoms with Crippen LogP contribution in [0, 0.1) is 0 Å². The summed E-state index contributed by atoms with van der Waals surface area (Å²) >= 11 is 0. The number of hydrogen-bond donors (Lipinski definition) is 3. The second-order valence-corrected chi connectivity index (χ2v) is 7.47. The average molecular weight is 433 g/mol. The standard InChI is InChI=1S/C18H21N6O5P/c1-12(8-24-11-22-16-17(19)20-10-21-18(16)24)28-9-13-4-2-3-5-14(13)29-30(27)23-7-6-15(25)26/h2-5,10-12H,6-9H2,1H3,(H3-,19,20,21,23,25,26,27)/p+1/t12-/m1/s1. The molecule has 3 rings (SSSR count). The summed E-state index contributed by atoms with van der Waals surface area (Å²) < 4.78 is 25.2. The Labute approximate surface area is 173 Å². The third kappa shape index (κ3) is 5.69. The van der Waals surface area contributed by atoms with Crippen molar-refractivity contribution in [3.8, 4) is 5.75 Å². The maximum Gasteiger partial charge on any atom is 0.663 e. The Morgan fingerprint density at radius 2 is 2.13 bits per heavy atom. The van der Waals surface area contributed by atoms with Gasteiger partial charge in [0, 0.05) is 10.1 Å². The number of para-hydroxylation sites is 1. The van der Waals surface area contributed by atoms with Gasteiger partial charge in [-0.15, -0.1) is 0 Å². The Hall–Kier alpha value is -3.14. The minimum Gasteiger partial charge on any atom is -0.481 e. The van der Waals surface area contributed by atoms with Crippen LogP contribution in [-0.2, 0) is 27.2 Å². The summed E-state index contributed by atoms with van der Waals surface area (Å²) in [7, 11) is -2.24. The van der Waals surface area contributed by atoms with Gasteiger partial charge in [-0.25, -0.2) is 19.5 Å². The Bertz CT molecular complexity index is 1040. The molecule has 1 aromatic carbocycles. The number of carboxylic acid groups (broad SMARTS) is 1. The number of carbonyl (C=O) groups is 1. The number of anilines is 1. The normalized spacial score (nSPS) is 12.6. The number of carboxylic acids is 1. The van der Waals surface area contributed by atoms with E-state index in [1.54, 1.807) is 18.5 Å². The van der Waals surface area contributed by atoms with Gasteiger partial charge in [0.25, 0.3) is 0 Å². The van der Waals surface area contributed by atoms with Crippen molar-refractivity contribution in [1.29, 1.82) is 0 Å². The van der Waals surface area contributed by atoms with E-state index in [9.17, 15) is 9.36 Å². The van der Waals surface area contributed by atoms with Gasteiger partial charge < -0.3 is 20.1 Å². The molecule has 0 spiro atoms. The van der Waals surface area contributed by atoms with E-state index in [1.165, 1.54) is 6.33 Å². The summed E-state index contributed by atoms with van der Waals surface area (Å²) in [5, 5.41) is 11.2. The predicted octanol–water partition coefficient (Wildman–Crippen LogP) is 2.11. The topological polar surface area (TPSA) is 154 Å². The van der Waals surface area contributed by atoms with Crippen LogP contribution in [0.25, 0.3) is 11.2 Å². The molecule has 0 bridgehead atoms. The van der Waals surface area contributed by atoms with Crippen molar-refractivity contribution in [3.05, 3.63) is 42.5 Å². The number of hydrogen-bond acceptors (Lipinski definition) is 8. The van der Waals surface area contributed by atoms with Crippen LogP contribution in [0.5, 0.6) is 5.75 Å². The van der Waals surface area contributed by atoms with E-state index >= 15 is 0 Å². The van der Waals surface area contributed by atoms with Crippen LogP contribution in [0.2, 0.25) is 0 Å². The van der Waals surface area contributed by atoms with Crippen molar-refractivity contribution >= 4 is 31.1 Å². The average Bonchev–Trinajstić information content (AvgIpc) is 3.11. The molecule has 12 heteroatoms. The zero-order valence-corrected chi connectivity index (χ0v) is 17.2. The quantitative estimate of drug-likeness (QED) is 0.383. The molecule has 3 aromatic rings. The predicted molar refractivity (Wildman–Crippen MR) is 109 cm³/mol. The van der Waals surface area contributed by atoms with E-state index in [4.69, 9.17) is 20.1 Å². The first-order valence-corrected chi connectivity index (χ1v) is 10.3. The van der Waals surface area contributed by atoms with E-state index in [1.807, 2.05) is 23.6 Å². The second-order valence-electron chi connectivity index (χ2n) is 6.46. The molecule has 1 unspecified atom stereocenters. The number of nitrogens with zero attached hydrogens (tertiary/aromatic N) is 4. The van der Waals surface area contributed by atoms with Crippen LogP contribution >= 0.6 is 8.18 Å². The van der Waals surface area contributed by atoms with Crippen molar-refractivity contribution in [3.63, 3.8) is 0 Å². The fourth-order valence-electron chi connectivity index (χ4n) is 2.68. The number of nitrogens with one attached hydrogen (secondary N) is 1. The minimum atomic E-state index is -2.24. The van der Waals surface area contributed by atoms with Gasteiger partial charge in [-0.3, -0.25) is 4.79 Å². The smallest absolute Gasteiger partial charge is 0.481 e. The first-order chi connectivity index (χ1) is 14.4. The summed E-state index contributed by atoms with van der Waals surface area (Å²) in [6.07, 6.45) is 2.70. The van der Waals surface area contributed by atoms with Crippen LogP contribution in [-0.4, -0.2) is 43.2 Å². The minimum absolute atomic E-state index is 0.0488.